The van der Waals surface area contributed by atoms with Crippen LogP contribution in [0.2, 0.25) is 0 Å². The first-order valence-electron chi connectivity index (χ1n) is 8.84. The molecule has 0 unspecified atom stereocenters. The van der Waals surface area contributed by atoms with Crippen molar-refractivity contribution in [1.82, 2.24) is 29.8 Å². The Morgan fingerprint density at radius 2 is 1.90 bits per heavy atom. The molecule has 29 heavy (non-hydrogen) atoms. The molecule has 2 heterocycles. The van der Waals surface area contributed by atoms with Crippen LogP contribution in [-0.2, 0) is 13.6 Å². The molecule has 8 nitrogen and oxygen atoms in total. The summed E-state index contributed by atoms with van der Waals surface area (Å²) in [5, 5.41) is 32.5. The van der Waals surface area contributed by atoms with Crippen LogP contribution in [0.25, 0.3) is 16.6 Å². The van der Waals surface area contributed by atoms with Gasteiger partial charge >= 0.3 is 0 Å². The van der Waals surface area contributed by atoms with Gasteiger partial charge in [0.05, 0.1) is 23.3 Å². The summed E-state index contributed by atoms with van der Waals surface area (Å²) in [5.74, 6) is 0.516. The van der Waals surface area contributed by atoms with Crippen LogP contribution in [0.4, 0.5) is 0 Å². The Hall–Kier alpha value is -3.64. The lowest BCUT2D eigenvalue weighted by Crippen LogP contribution is -2.05. The molecule has 1 N–H and O–H groups in total. The lowest BCUT2D eigenvalue weighted by Gasteiger charge is -2.06. The van der Waals surface area contributed by atoms with Gasteiger partial charge in [0.25, 0.3) is 0 Å². The van der Waals surface area contributed by atoms with Gasteiger partial charge in [0, 0.05) is 7.05 Å². The van der Waals surface area contributed by atoms with E-state index in [-0.39, 0.29) is 17.1 Å². The maximum atomic E-state index is 10.6. The number of aliphatic hydroxyl groups excluding tert-OH is 1. The van der Waals surface area contributed by atoms with Gasteiger partial charge < -0.3 is 9.67 Å². The van der Waals surface area contributed by atoms with Crippen molar-refractivity contribution in [1.29, 1.82) is 5.26 Å². The van der Waals surface area contributed by atoms with Crippen molar-refractivity contribution in [3.05, 3.63) is 71.7 Å². The van der Waals surface area contributed by atoms with Gasteiger partial charge in [0.1, 0.15) is 17.4 Å². The van der Waals surface area contributed by atoms with Gasteiger partial charge in [-0.15, -0.1) is 5.10 Å². The van der Waals surface area contributed by atoms with Crippen molar-refractivity contribution in [2.75, 3.05) is 5.75 Å². The fourth-order valence-corrected chi connectivity index (χ4v) is 3.73. The van der Waals surface area contributed by atoms with Gasteiger partial charge in [0.2, 0.25) is 5.16 Å². The third kappa shape index (κ3) is 3.83. The molecule has 0 aliphatic heterocycles. The molecule has 0 aliphatic carbocycles. The van der Waals surface area contributed by atoms with Crippen molar-refractivity contribution in [3.63, 3.8) is 0 Å². The average Bonchev–Trinajstić information content (AvgIpc) is 3.32. The van der Waals surface area contributed by atoms with Crippen LogP contribution in [0, 0.1) is 11.3 Å². The van der Waals surface area contributed by atoms with E-state index >= 15 is 0 Å². The summed E-state index contributed by atoms with van der Waals surface area (Å²) < 4.78 is 3.46. The third-order valence-electron chi connectivity index (χ3n) is 4.42. The predicted molar refractivity (Wildman–Crippen MR) is 110 cm³/mol. The van der Waals surface area contributed by atoms with E-state index in [9.17, 15) is 10.4 Å². The summed E-state index contributed by atoms with van der Waals surface area (Å²) in [4.78, 5) is 4.49. The van der Waals surface area contributed by atoms with Gasteiger partial charge in [-0.1, -0.05) is 54.2 Å². The third-order valence-corrected chi connectivity index (χ3v) is 5.39. The maximum Gasteiger partial charge on any atom is 0.210 e. The van der Waals surface area contributed by atoms with Crippen LogP contribution < -0.4 is 0 Å². The summed E-state index contributed by atoms with van der Waals surface area (Å²) in [6.07, 6.45) is 0. The molecule has 0 fully saturated rings. The molecular weight excluding hydrogens is 386 g/mol. The minimum absolute atomic E-state index is 0.0647. The number of benzene rings is 2. The Morgan fingerprint density at radius 3 is 2.66 bits per heavy atom. The summed E-state index contributed by atoms with van der Waals surface area (Å²) in [6.45, 7) is 0.524. The van der Waals surface area contributed by atoms with E-state index < -0.39 is 0 Å². The average molecular weight is 403 g/mol. The number of allylic oxidation sites excluding steroid dienone is 1. The highest BCUT2D eigenvalue weighted by atomic mass is 32.2. The minimum Gasteiger partial charge on any atom is -0.510 e. The molecule has 0 saturated heterocycles. The van der Waals surface area contributed by atoms with Crippen LogP contribution >= 0.6 is 11.8 Å². The van der Waals surface area contributed by atoms with E-state index in [1.165, 1.54) is 11.8 Å². The summed E-state index contributed by atoms with van der Waals surface area (Å²) in [6, 6.07) is 19.5. The molecule has 9 heteroatoms. The SMILES string of the molecule is Cn1c(/C(C#N)=C(\O)CSc2nnnn2Cc2ccccc2)nc2ccccc21. The maximum absolute atomic E-state index is 10.6. The molecule has 0 saturated carbocycles. The first-order chi connectivity index (χ1) is 14.2. The summed E-state index contributed by atoms with van der Waals surface area (Å²) in [7, 11) is 1.82. The van der Waals surface area contributed by atoms with Gasteiger partial charge in [-0.05, 0) is 28.1 Å². The van der Waals surface area contributed by atoms with Crippen LogP contribution in [0.15, 0.2) is 65.5 Å². The second kappa shape index (κ2) is 8.16. The Labute approximate surface area is 171 Å². The number of fused-ring (bicyclic) bond motifs is 1. The number of nitriles is 1. The van der Waals surface area contributed by atoms with Gasteiger partial charge in [-0.25, -0.2) is 9.67 Å². The Bertz CT molecular complexity index is 1220. The first-order valence-corrected chi connectivity index (χ1v) is 9.83. The number of aromatic nitrogens is 6. The van der Waals surface area contributed by atoms with E-state index in [4.69, 9.17) is 0 Å². The monoisotopic (exact) mass is 403 g/mol. The smallest absolute Gasteiger partial charge is 0.210 e. The highest BCUT2D eigenvalue weighted by Gasteiger charge is 2.17. The predicted octanol–water partition coefficient (Wildman–Crippen LogP) is 3.19. The second-order valence-corrected chi connectivity index (χ2v) is 7.25. The van der Waals surface area contributed by atoms with Crippen molar-refractivity contribution in [2.24, 2.45) is 7.05 Å². The summed E-state index contributed by atoms with van der Waals surface area (Å²) in [5.41, 5.74) is 2.87. The van der Waals surface area contributed by atoms with E-state index in [1.807, 2.05) is 61.6 Å². The molecule has 4 aromatic rings. The van der Waals surface area contributed by atoms with Crippen LogP contribution in [0.1, 0.15) is 11.4 Å². The molecule has 0 spiro atoms. The van der Waals surface area contributed by atoms with Crippen molar-refractivity contribution in [2.45, 2.75) is 11.7 Å². The van der Waals surface area contributed by atoms with E-state index in [0.29, 0.717) is 17.5 Å². The Morgan fingerprint density at radius 1 is 1.14 bits per heavy atom. The van der Waals surface area contributed by atoms with Crippen LogP contribution in [0.3, 0.4) is 0 Å². The lowest BCUT2D eigenvalue weighted by molar-refractivity contribution is 0.420. The number of imidazole rings is 1. The minimum atomic E-state index is -0.0647. The highest BCUT2D eigenvalue weighted by Crippen LogP contribution is 2.25. The zero-order valence-corrected chi connectivity index (χ0v) is 16.4. The molecule has 0 bridgehead atoms. The standard InChI is InChI=1S/C20H17N7OS/c1-26-17-10-6-5-9-16(17)22-19(26)15(11-21)18(28)13-29-20-23-24-25-27(20)12-14-7-3-2-4-8-14/h2-10,28H,12-13H2,1H3/b18-15-. The number of tetrazole rings is 1. The molecule has 144 valence electrons. The van der Waals surface area contributed by atoms with Crippen molar-refractivity contribution >= 4 is 28.4 Å². The molecule has 0 radical (unpaired) electrons. The normalized spacial score (nSPS) is 12.0. The number of aliphatic hydroxyl groups is 1. The van der Waals surface area contributed by atoms with Gasteiger partial charge in [-0.3, -0.25) is 0 Å². The molecule has 4 rings (SSSR count). The fraction of sp³-hybridized carbons (Fsp3) is 0.150. The highest BCUT2D eigenvalue weighted by molar-refractivity contribution is 7.99. The van der Waals surface area contributed by atoms with Crippen LogP contribution in [0.5, 0.6) is 0 Å². The molecule has 0 aliphatic rings. The van der Waals surface area contributed by atoms with Crippen LogP contribution in [-0.4, -0.2) is 40.6 Å². The Balaban J connectivity index is 1.56. The molecule has 2 aromatic heterocycles. The van der Waals surface area contributed by atoms with Gasteiger partial charge in [-0.2, -0.15) is 5.26 Å². The largest absolute Gasteiger partial charge is 0.510 e. The van der Waals surface area contributed by atoms with Crippen molar-refractivity contribution < 1.29 is 5.11 Å². The quantitative estimate of drug-likeness (QED) is 0.299. The number of aryl methyl sites for hydroxylation is 1. The van der Waals surface area contributed by atoms with E-state index in [1.54, 1.807) is 9.25 Å². The summed E-state index contributed by atoms with van der Waals surface area (Å²) >= 11 is 1.26. The van der Waals surface area contributed by atoms with Crippen molar-refractivity contribution in [3.8, 4) is 6.07 Å². The lowest BCUT2D eigenvalue weighted by atomic mass is 10.2. The molecular formula is C20H17N7OS. The number of rotatable bonds is 6. The number of hydrogen-bond acceptors (Lipinski definition) is 7. The van der Waals surface area contributed by atoms with Gasteiger partial charge in [0.15, 0.2) is 5.82 Å². The fourth-order valence-electron chi connectivity index (χ4n) is 2.97. The zero-order chi connectivity index (χ0) is 20.2. The molecule has 2 aromatic carbocycles. The molecule has 0 amide bonds. The first kappa shape index (κ1) is 18.7. The number of hydrogen-bond donors (Lipinski definition) is 1. The number of thioether (sulfide) groups is 1. The van der Waals surface area contributed by atoms with E-state index in [2.05, 4.69) is 26.6 Å². The molecule has 0 atom stereocenters. The van der Waals surface area contributed by atoms with E-state index in [0.717, 1.165) is 16.6 Å². The number of para-hydroxylation sites is 2. The Kier molecular flexibility index (Phi) is 5.27. The topological polar surface area (TPSA) is 105 Å². The number of nitrogens with zero attached hydrogens (tertiary/aromatic N) is 7. The zero-order valence-electron chi connectivity index (χ0n) is 15.6. The second-order valence-electron chi connectivity index (χ2n) is 6.31.